The van der Waals surface area contributed by atoms with Gasteiger partial charge >= 0.3 is 5.69 Å². The van der Waals surface area contributed by atoms with E-state index in [0.29, 0.717) is 32.1 Å². The fourth-order valence-electron chi connectivity index (χ4n) is 6.19. The van der Waals surface area contributed by atoms with Crippen molar-refractivity contribution in [3.05, 3.63) is 61.8 Å². The SMILES string of the molecule is NC(=O)c1cc2c(=O)n(CC(=O)NCCCCCNC(=O)COc3cccc4c3C(=O)N(C3CCC(=O)NC3=O)C4=O)c(=O)n(C3CC3)c2nc1N. The quantitative estimate of drug-likeness (QED) is 0.0937. The second kappa shape index (κ2) is 14.4. The first-order valence-electron chi connectivity index (χ1n) is 16.6. The molecule has 2 aliphatic heterocycles. The summed E-state index contributed by atoms with van der Waals surface area (Å²) >= 11 is 0. The van der Waals surface area contributed by atoms with Crippen molar-refractivity contribution in [3.8, 4) is 5.75 Å². The van der Waals surface area contributed by atoms with Gasteiger partial charge in [0.1, 0.15) is 24.2 Å². The molecular weight excluding hydrogens is 682 g/mol. The average molecular weight is 718 g/mol. The Balaban J connectivity index is 0.947. The molecule has 19 heteroatoms. The summed E-state index contributed by atoms with van der Waals surface area (Å²) in [5, 5.41) is 7.44. The fraction of sp³-hybridized carbons (Fsp3) is 0.394. The first-order valence-corrected chi connectivity index (χ1v) is 16.6. The third-order valence-electron chi connectivity index (χ3n) is 8.94. The summed E-state index contributed by atoms with van der Waals surface area (Å²) in [6.45, 7) is -0.480. The minimum atomic E-state index is -1.13. The smallest absolute Gasteiger partial charge is 0.333 e. The standard InChI is InChI=1S/C33H35N9O10/c34-26-18(27(35)46)13-19-28(39-26)41(16-7-8-16)33(51)40(30(19)48)14-23(44)36-11-2-1-3-12-37-24(45)15-52-21-6-4-5-17-25(21)32(50)42(31(17)49)20-9-10-22(43)38-29(20)47/h4-6,13,16,20H,1-3,7-12,14-15H2,(H2,34,39)(H2,35,46)(H,36,44)(H,37,45)(H,38,43,47). The largest absolute Gasteiger partial charge is 0.483 e. The zero-order valence-corrected chi connectivity index (χ0v) is 27.8. The number of carbonyl (C=O) groups excluding carboxylic acids is 7. The lowest BCUT2D eigenvalue weighted by Crippen LogP contribution is -2.54. The van der Waals surface area contributed by atoms with Gasteiger partial charge in [0.05, 0.1) is 22.1 Å². The molecular formula is C33H35N9O10. The summed E-state index contributed by atoms with van der Waals surface area (Å²) in [4.78, 5) is 118. The number of imide groups is 2. The molecule has 6 rings (SSSR count). The van der Waals surface area contributed by atoms with Crippen LogP contribution in [0.3, 0.4) is 0 Å². The number of hydrogen-bond donors (Lipinski definition) is 5. The number of hydrogen-bond acceptors (Lipinski definition) is 12. The van der Waals surface area contributed by atoms with E-state index in [1.807, 2.05) is 0 Å². The highest BCUT2D eigenvalue weighted by atomic mass is 16.5. The number of primary amides is 1. The summed E-state index contributed by atoms with van der Waals surface area (Å²) in [7, 11) is 0. The number of ether oxygens (including phenoxy) is 1. The predicted molar refractivity (Wildman–Crippen MR) is 180 cm³/mol. The third kappa shape index (κ3) is 6.96. The van der Waals surface area contributed by atoms with E-state index < -0.39 is 71.8 Å². The van der Waals surface area contributed by atoms with Crippen LogP contribution in [0.4, 0.5) is 5.82 Å². The van der Waals surface area contributed by atoms with Crippen LogP contribution in [0.2, 0.25) is 0 Å². The van der Waals surface area contributed by atoms with Crippen molar-refractivity contribution < 1.29 is 38.3 Å². The van der Waals surface area contributed by atoms with Crippen LogP contribution in [-0.4, -0.2) is 86.1 Å². The molecule has 0 spiro atoms. The highest BCUT2D eigenvalue weighted by Gasteiger charge is 2.46. The zero-order valence-electron chi connectivity index (χ0n) is 27.8. The molecule has 1 aliphatic carbocycles. The Morgan fingerprint density at radius 1 is 0.942 bits per heavy atom. The van der Waals surface area contributed by atoms with Crippen LogP contribution in [0.15, 0.2) is 33.9 Å². The van der Waals surface area contributed by atoms with E-state index in [1.165, 1.54) is 28.8 Å². The van der Waals surface area contributed by atoms with Crippen LogP contribution in [0.5, 0.6) is 5.75 Å². The first kappa shape index (κ1) is 35.4. The van der Waals surface area contributed by atoms with E-state index in [1.54, 1.807) is 0 Å². The van der Waals surface area contributed by atoms with Gasteiger partial charge in [-0.3, -0.25) is 57.7 Å². The highest BCUT2D eigenvalue weighted by molar-refractivity contribution is 6.24. The number of aromatic nitrogens is 3. The number of nitrogens with one attached hydrogen (secondary N) is 3. The molecule has 1 aromatic carbocycles. The van der Waals surface area contributed by atoms with Gasteiger partial charge in [0.15, 0.2) is 12.3 Å². The van der Waals surface area contributed by atoms with Gasteiger partial charge in [-0.1, -0.05) is 6.07 Å². The van der Waals surface area contributed by atoms with Gasteiger partial charge in [0.25, 0.3) is 29.2 Å². The molecule has 52 heavy (non-hydrogen) atoms. The van der Waals surface area contributed by atoms with Gasteiger partial charge in [-0.15, -0.1) is 0 Å². The Morgan fingerprint density at radius 2 is 1.65 bits per heavy atom. The number of carbonyl (C=O) groups is 7. The van der Waals surface area contributed by atoms with Crippen LogP contribution in [0.1, 0.15) is 82.1 Å². The molecule has 0 radical (unpaired) electrons. The van der Waals surface area contributed by atoms with Crippen molar-refractivity contribution in [2.75, 3.05) is 25.4 Å². The summed E-state index contributed by atoms with van der Waals surface area (Å²) in [5.41, 5.74) is 9.51. The lowest BCUT2D eigenvalue weighted by molar-refractivity contribution is -0.136. The van der Waals surface area contributed by atoms with Gasteiger partial charge < -0.3 is 26.8 Å². The first-order chi connectivity index (χ1) is 24.9. The monoisotopic (exact) mass is 717 g/mol. The normalized spacial score (nSPS) is 16.8. The van der Waals surface area contributed by atoms with Gasteiger partial charge in [0, 0.05) is 25.6 Å². The molecule has 1 saturated carbocycles. The highest BCUT2D eigenvalue weighted by Crippen LogP contribution is 2.35. The predicted octanol–water partition coefficient (Wildman–Crippen LogP) is -1.54. The van der Waals surface area contributed by atoms with Crippen LogP contribution in [0, 0.1) is 0 Å². The Hall–Kier alpha value is -6.40. The fourth-order valence-corrected chi connectivity index (χ4v) is 6.19. The van der Waals surface area contributed by atoms with E-state index >= 15 is 0 Å². The number of nitrogens with zero attached hydrogens (tertiary/aromatic N) is 4. The van der Waals surface area contributed by atoms with E-state index in [-0.39, 0.29) is 71.3 Å². The zero-order chi connectivity index (χ0) is 37.3. The summed E-state index contributed by atoms with van der Waals surface area (Å²) in [6, 6.07) is 4.19. The molecule has 7 amide bonds. The lowest BCUT2D eigenvalue weighted by Gasteiger charge is -2.27. The van der Waals surface area contributed by atoms with Gasteiger partial charge in [-0.25, -0.2) is 9.78 Å². The van der Waals surface area contributed by atoms with Crippen LogP contribution in [0.25, 0.3) is 11.0 Å². The van der Waals surface area contributed by atoms with Gasteiger partial charge in [-0.2, -0.15) is 0 Å². The summed E-state index contributed by atoms with van der Waals surface area (Å²) < 4.78 is 7.68. The molecule has 0 bridgehead atoms. The number of rotatable bonds is 14. The second-order valence-electron chi connectivity index (χ2n) is 12.6. The van der Waals surface area contributed by atoms with Gasteiger partial charge in [0.2, 0.25) is 17.7 Å². The Labute approximate surface area is 293 Å². The molecule has 1 atom stereocenters. The van der Waals surface area contributed by atoms with Crippen molar-refractivity contribution in [1.82, 2.24) is 35.0 Å². The number of fused-ring (bicyclic) bond motifs is 2. The molecule has 7 N–H and O–H groups in total. The van der Waals surface area contributed by atoms with Crippen molar-refractivity contribution in [2.24, 2.45) is 5.73 Å². The molecule has 1 unspecified atom stereocenters. The van der Waals surface area contributed by atoms with Crippen LogP contribution in [-0.2, 0) is 25.7 Å². The number of amides is 7. The summed E-state index contributed by atoms with van der Waals surface area (Å²) in [5.74, 6) is -4.80. The number of anilines is 1. The van der Waals surface area contributed by atoms with Crippen molar-refractivity contribution in [3.63, 3.8) is 0 Å². The molecule has 3 aromatic rings. The van der Waals surface area contributed by atoms with Crippen molar-refractivity contribution in [2.45, 2.75) is 63.6 Å². The van der Waals surface area contributed by atoms with E-state index in [2.05, 4.69) is 20.9 Å². The summed E-state index contributed by atoms with van der Waals surface area (Å²) in [6.07, 6.45) is 3.02. The number of unbranched alkanes of at least 4 members (excludes halogenated alkanes) is 2. The lowest BCUT2D eigenvalue weighted by atomic mass is 10.0. The molecule has 272 valence electrons. The van der Waals surface area contributed by atoms with Crippen LogP contribution >= 0.6 is 0 Å². The molecule has 2 aromatic heterocycles. The number of piperidine rings is 1. The van der Waals surface area contributed by atoms with Crippen molar-refractivity contribution >= 4 is 58.2 Å². The number of nitrogens with two attached hydrogens (primary N) is 2. The Bertz CT molecular complexity index is 2170. The maximum Gasteiger partial charge on any atom is 0.333 e. The number of nitrogen functional groups attached to an aromatic ring is 1. The number of benzene rings is 1. The van der Waals surface area contributed by atoms with Crippen LogP contribution < -0.4 is 43.4 Å². The van der Waals surface area contributed by atoms with Crippen molar-refractivity contribution in [1.29, 1.82) is 0 Å². The van der Waals surface area contributed by atoms with E-state index in [0.717, 1.165) is 9.47 Å². The maximum absolute atomic E-state index is 13.2. The maximum atomic E-state index is 13.2. The van der Waals surface area contributed by atoms with E-state index in [4.69, 9.17) is 16.2 Å². The minimum Gasteiger partial charge on any atom is -0.483 e. The molecule has 19 nitrogen and oxygen atoms in total. The second-order valence-corrected chi connectivity index (χ2v) is 12.6. The minimum absolute atomic E-state index is 0.00530. The number of pyridine rings is 1. The third-order valence-corrected chi connectivity index (χ3v) is 8.94. The Kier molecular flexibility index (Phi) is 9.84. The Morgan fingerprint density at radius 3 is 2.33 bits per heavy atom. The molecule has 3 aliphatic rings. The average Bonchev–Trinajstić information content (AvgIpc) is 3.90. The molecule has 1 saturated heterocycles. The molecule has 2 fully saturated rings. The molecule has 4 heterocycles. The van der Waals surface area contributed by atoms with E-state index in [9.17, 15) is 43.2 Å². The van der Waals surface area contributed by atoms with Gasteiger partial charge in [-0.05, 0) is 56.7 Å². The topological polar surface area (TPSA) is 277 Å².